The molecule has 204 valence electrons. The molecule has 1 atom stereocenters. The van der Waals surface area contributed by atoms with Gasteiger partial charge in [-0.25, -0.2) is 18.4 Å². The highest BCUT2D eigenvalue weighted by Gasteiger charge is 2.19. The smallest absolute Gasteiger partial charge is 0.208 e. The van der Waals surface area contributed by atoms with Crippen LogP contribution < -0.4 is 4.74 Å². The summed E-state index contributed by atoms with van der Waals surface area (Å²) in [5.74, 6) is 0.563. The van der Waals surface area contributed by atoms with Gasteiger partial charge in [0.15, 0.2) is 5.76 Å². The molecule has 4 aromatic carbocycles. The highest BCUT2D eigenvalue weighted by atomic mass is 32.2. The van der Waals surface area contributed by atoms with Gasteiger partial charge in [0.2, 0.25) is 5.89 Å². The number of ether oxygens (including phenoxy) is 1. The van der Waals surface area contributed by atoms with Crippen molar-refractivity contribution in [2.45, 2.75) is 10.6 Å². The fourth-order valence-corrected chi connectivity index (χ4v) is 5.30. The molecule has 0 fully saturated rings. The van der Waals surface area contributed by atoms with Crippen molar-refractivity contribution in [3.63, 3.8) is 0 Å². The highest BCUT2D eigenvalue weighted by molar-refractivity contribution is 7.84. The van der Waals surface area contributed by atoms with Gasteiger partial charge in [0.25, 0.3) is 0 Å². The second-order valence-corrected chi connectivity index (χ2v) is 10.5. The zero-order chi connectivity index (χ0) is 28.3. The average Bonchev–Trinajstić information content (AvgIpc) is 3.66. The van der Waals surface area contributed by atoms with E-state index in [1.54, 1.807) is 66.5 Å². The molecule has 6 aromatic rings. The summed E-state index contributed by atoms with van der Waals surface area (Å²) in [7, 11) is 0.124. The Bertz CT molecular complexity index is 1770. The molecule has 0 bridgehead atoms. The van der Waals surface area contributed by atoms with E-state index in [2.05, 4.69) is 15.3 Å². The van der Waals surface area contributed by atoms with E-state index < -0.39 is 10.8 Å². The van der Waals surface area contributed by atoms with Crippen LogP contribution in [0.5, 0.6) is 5.75 Å². The average molecular weight is 569 g/mol. The van der Waals surface area contributed by atoms with Gasteiger partial charge in [0.1, 0.15) is 34.5 Å². The lowest BCUT2D eigenvalue weighted by molar-refractivity contribution is 0.416. The Morgan fingerprint density at radius 3 is 2.20 bits per heavy atom. The second-order valence-electron chi connectivity index (χ2n) is 9.03. The summed E-state index contributed by atoms with van der Waals surface area (Å²) in [4.78, 5) is 5.15. The molecule has 0 aliphatic heterocycles. The Morgan fingerprint density at radius 2 is 1.51 bits per heavy atom. The van der Waals surface area contributed by atoms with Crippen molar-refractivity contribution in [3.8, 4) is 45.3 Å². The maximum absolute atomic E-state index is 13.5. The van der Waals surface area contributed by atoms with E-state index in [0.29, 0.717) is 38.9 Å². The highest BCUT2D eigenvalue weighted by Crippen LogP contribution is 2.34. The molecule has 10 heteroatoms. The van der Waals surface area contributed by atoms with Crippen molar-refractivity contribution in [2.24, 2.45) is 0 Å². The Labute approximate surface area is 236 Å². The van der Waals surface area contributed by atoms with Crippen LogP contribution in [-0.2, 0) is 16.6 Å². The van der Waals surface area contributed by atoms with Gasteiger partial charge in [-0.2, -0.15) is 0 Å². The zero-order valence-electron chi connectivity index (χ0n) is 21.7. The summed E-state index contributed by atoms with van der Waals surface area (Å²) in [5.41, 5.74) is 3.90. The molecule has 2 heterocycles. The van der Waals surface area contributed by atoms with Gasteiger partial charge >= 0.3 is 0 Å². The molecule has 7 nitrogen and oxygen atoms in total. The molecule has 0 N–H and O–H groups in total. The van der Waals surface area contributed by atoms with E-state index >= 15 is 0 Å². The van der Waals surface area contributed by atoms with Gasteiger partial charge < -0.3 is 9.15 Å². The van der Waals surface area contributed by atoms with Crippen LogP contribution in [0.3, 0.4) is 0 Å². The fraction of sp³-hybridized carbons (Fsp3) is 0.0645. The third-order valence-corrected chi connectivity index (χ3v) is 7.70. The lowest BCUT2D eigenvalue weighted by Crippen LogP contribution is -1.99. The third-order valence-electron chi connectivity index (χ3n) is 6.39. The molecule has 6 rings (SSSR count). The third kappa shape index (κ3) is 5.55. The maximum Gasteiger partial charge on any atom is 0.208 e. The molecule has 0 saturated heterocycles. The van der Waals surface area contributed by atoms with Crippen molar-refractivity contribution in [1.29, 1.82) is 0 Å². The predicted octanol–water partition coefficient (Wildman–Crippen LogP) is 6.85. The first-order valence-electron chi connectivity index (χ1n) is 12.5. The lowest BCUT2D eigenvalue weighted by Gasteiger charge is -2.04. The molecule has 0 saturated carbocycles. The van der Waals surface area contributed by atoms with E-state index in [1.807, 2.05) is 24.3 Å². The Morgan fingerprint density at radius 1 is 0.854 bits per heavy atom. The maximum atomic E-state index is 13.5. The SMILES string of the molecule is COc1ccccc1-c1cn(-c2ccc(S(=O)Cc3nc(-c4ccc(F)cc4)c(-c4ccc(F)cc4)o3)cc2)nn1. The number of hydrogen-bond acceptors (Lipinski definition) is 6. The first kappa shape index (κ1) is 26.3. The molecule has 0 aliphatic carbocycles. The van der Waals surface area contributed by atoms with Crippen LogP contribution in [0, 0.1) is 11.6 Å². The van der Waals surface area contributed by atoms with Crippen LogP contribution in [0.25, 0.3) is 39.5 Å². The number of oxazole rings is 1. The minimum absolute atomic E-state index is 0.00993. The molecular formula is C31H22F2N4O3S. The van der Waals surface area contributed by atoms with Crippen molar-refractivity contribution in [1.82, 2.24) is 20.0 Å². The largest absolute Gasteiger partial charge is 0.496 e. The molecule has 0 aliphatic rings. The van der Waals surface area contributed by atoms with Crippen molar-refractivity contribution in [3.05, 3.63) is 121 Å². The predicted molar refractivity (Wildman–Crippen MR) is 151 cm³/mol. The standard InChI is InChI=1S/C31H22F2N4O3S/c1-39-28-5-3-2-4-26(28)27-18-37(36-35-27)24-14-16-25(17-15-24)41(38)19-29-34-30(20-6-10-22(32)11-7-20)31(40-29)21-8-12-23(33)13-9-21/h2-18H,19H2,1H3. The number of rotatable bonds is 8. The fourth-order valence-electron chi connectivity index (χ4n) is 4.34. The Balaban J connectivity index is 1.24. The summed E-state index contributed by atoms with van der Waals surface area (Å²) in [6.07, 6.45) is 1.80. The molecule has 0 amide bonds. The molecule has 41 heavy (non-hydrogen) atoms. The minimum atomic E-state index is -1.48. The summed E-state index contributed by atoms with van der Waals surface area (Å²) in [6, 6.07) is 26.3. The van der Waals surface area contributed by atoms with Gasteiger partial charge in [-0.15, -0.1) is 5.10 Å². The molecule has 0 spiro atoms. The van der Waals surface area contributed by atoms with Crippen LogP contribution in [0.15, 0.2) is 113 Å². The van der Waals surface area contributed by atoms with Crippen molar-refractivity contribution in [2.75, 3.05) is 7.11 Å². The number of hydrogen-bond donors (Lipinski definition) is 0. The molecular weight excluding hydrogens is 546 g/mol. The van der Waals surface area contributed by atoms with Crippen LogP contribution >= 0.6 is 0 Å². The summed E-state index contributed by atoms with van der Waals surface area (Å²) in [6.45, 7) is 0. The quantitative estimate of drug-likeness (QED) is 0.200. The second kappa shape index (κ2) is 11.3. The van der Waals surface area contributed by atoms with Crippen molar-refractivity contribution >= 4 is 10.8 Å². The first-order valence-corrected chi connectivity index (χ1v) is 13.9. The lowest BCUT2D eigenvalue weighted by atomic mass is 10.1. The van der Waals surface area contributed by atoms with E-state index in [-0.39, 0.29) is 23.3 Å². The van der Waals surface area contributed by atoms with Gasteiger partial charge in [0, 0.05) is 21.6 Å². The zero-order valence-corrected chi connectivity index (χ0v) is 22.5. The number of aromatic nitrogens is 4. The van der Waals surface area contributed by atoms with Crippen molar-refractivity contribution < 1.29 is 22.1 Å². The van der Waals surface area contributed by atoms with E-state index in [9.17, 15) is 13.0 Å². The first-order chi connectivity index (χ1) is 20.0. The number of nitrogens with zero attached hydrogens (tertiary/aromatic N) is 4. The molecule has 2 aromatic heterocycles. The van der Waals surface area contributed by atoms with E-state index in [1.165, 1.54) is 24.3 Å². The number of benzene rings is 4. The topological polar surface area (TPSA) is 83.0 Å². The minimum Gasteiger partial charge on any atom is -0.496 e. The van der Waals surface area contributed by atoms with Gasteiger partial charge in [-0.05, 0) is 84.9 Å². The number of halogens is 2. The summed E-state index contributed by atoms with van der Waals surface area (Å²) < 4.78 is 53.4. The van der Waals surface area contributed by atoms with Crippen LogP contribution in [0.1, 0.15) is 5.89 Å². The van der Waals surface area contributed by atoms with Crippen LogP contribution in [0.2, 0.25) is 0 Å². The van der Waals surface area contributed by atoms with Crippen LogP contribution in [0.4, 0.5) is 8.78 Å². The number of methoxy groups -OCH3 is 1. The Kier molecular flexibility index (Phi) is 7.22. The van der Waals surface area contributed by atoms with E-state index in [4.69, 9.17) is 9.15 Å². The Hall–Kier alpha value is -4.96. The molecule has 0 radical (unpaired) electrons. The monoisotopic (exact) mass is 568 g/mol. The van der Waals surface area contributed by atoms with Gasteiger partial charge in [0.05, 0.1) is 29.8 Å². The van der Waals surface area contributed by atoms with Crippen LogP contribution in [-0.4, -0.2) is 31.3 Å². The summed E-state index contributed by atoms with van der Waals surface area (Å²) >= 11 is 0. The number of para-hydroxylation sites is 1. The molecule has 1 unspecified atom stereocenters. The van der Waals surface area contributed by atoms with Gasteiger partial charge in [-0.3, -0.25) is 4.21 Å². The normalized spacial score (nSPS) is 11.9. The summed E-state index contributed by atoms with van der Waals surface area (Å²) in [5, 5.41) is 8.49. The van der Waals surface area contributed by atoms with Gasteiger partial charge in [-0.1, -0.05) is 17.3 Å². The van der Waals surface area contributed by atoms with E-state index in [0.717, 1.165) is 11.3 Å².